The van der Waals surface area contributed by atoms with Crippen LogP contribution >= 0.6 is 0 Å². The number of ether oxygens (including phenoxy) is 2. The largest absolute Gasteiger partial charge is 0.466 e. The molecule has 2 unspecified atom stereocenters. The summed E-state index contributed by atoms with van der Waals surface area (Å²) in [6, 6.07) is 0. The molecule has 0 spiro atoms. The Bertz CT molecular complexity index is 328. The second-order valence-corrected chi connectivity index (χ2v) is 6.69. The standard InChI is InChI=1S/C20H38O4/c1-5-8-9-10-11-16-23-19(21)14-12-15-20(22)24-18(7-3)17(4)13-6-2/h17-18H,5-16H2,1-4H3. The Hall–Kier alpha value is -1.06. The van der Waals surface area contributed by atoms with Gasteiger partial charge in [-0.2, -0.15) is 0 Å². The van der Waals surface area contributed by atoms with Gasteiger partial charge in [0.05, 0.1) is 6.61 Å². The summed E-state index contributed by atoms with van der Waals surface area (Å²) in [6.45, 7) is 8.99. The van der Waals surface area contributed by atoms with E-state index in [0.29, 0.717) is 31.8 Å². The van der Waals surface area contributed by atoms with E-state index in [1.165, 1.54) is 19.3 Å². The highest BCUT2D eigenvalue weighted by Crippen LogP contribution is 2.18. The smallest absolute Gasteiger partial charge is 0.306 e. The summed E-state index contributed by atoms with van der Waals surface area (Å²) in [5.41, 5.74) is 0. The molecule has 0 amide bonds. The monoisotopic (exact) mass is 342 g/mol. The van der Waals surface area contributed by atoms with Crippen molar-refractivity contribution in [1.82, 2.24) is 0 Å². The number of rotatable bonds is 15. The average Bonchev–Trinajstić information content (AvgIpc) is 2.56. The summed E-state index contributed by atoms with van der Waals surface area (Å²) < 4.78 is 10.7. The van der Waals surface area contributed by atoms with E-state index in [4.69, 9.17) is 9.47 Å². The molecule has 4 nitrogen and oxygen atoms in total. The second-order valence-electron chi connectivity index (χ2n) is 6.69. The van der Waals surface area contributed by atoms with Crippen LogP contribution < -0.4 is 0 Å². The fourth-order valence-corrected chi connectivity index (χ4v) is 2.81. The first kappa shape index (κ1) is 22.9. The van der Waals surface area contributed by atoms with E-state index in [9.17, 15) is 9.59 Å². The van der Waals surface area contributed by atoms with Crippen LogP contribution in [0.3, 0.4) is 0 Å². The third kappa shape index (κ3) is 12.4. The molecule has 0 aliphatic heterocycles. The van der Waals surface area contributed by atoms with E-state index in [1.807, 2.05) is 6.92 Å². The van der Waals surface area contributed by atoms with E-state index in [0.717, 1.165) is 32.1 Å². The van der Waals surface area contributed by atoms with Gasteiger partial charge in [0.25, 0.3) is 0 Å². The second kappa shape index (κ2) is 15.5. The molecule has 24 heavy (non-hydrogen) atoms. The highest BCUT2D eigenvalue weighted by Gasteiger charge is 2.19. The summed E-state index contributed by atoms with van der Waals surface area (Å²) in [4.78, 5) is 23.5. The maximum Gasteiger partial charge on any atom is 0.306 e. The van der Waals surface area contributed by atoms with E-state index < -0.39 is 0 Å². The predicted molar refractivity (Wildman–Crippen MR) is 97.8 cm³/mol. The lowest BCUT2D eigenvalue weighted by Gasteiger charge is -2.22. The van der Waals surface area contributed by atoms with Crippen molar-refractivity contribution in [2.75, 3.05) is 6.61 Å². The Labute approximate surface area is 148 Å². The number of hydrogen-bond donors (Lipinski definition) is 0. The highest BCUT2D eigenvalue weighted by atomic mass is 16.5. The van der Waals surface area contributed by atoms with Gasteiger partial charge in [0.2, 0.25) is 0 Å². The van der Waals surface area contributed by atoms with Crippen LogP contribution in [0.5, 0.6) is 0 Å². The molecule has 0 rings (SSSR count). The van der Waals surface area contributed by atoms with Crippen LogP contribution in [-0.2, 0) is 19.1 Å². The molecule has 0 N–H and O–H groups in total. The van der Waals surface area contributed by atoms with Crippen LogP contribution in [0.2, 0.25) is 0 Å². The van der Waals surface area contributed by atoms with Crippen LogP contribution in [0, 0.1) is 5.92 Å². The first-order valence-electron chi connectivity index (χ1n) is 9.90. The summed E-state index contributed by atoms with van der Waals surface area (Å²) in [6.07, 6.45) is 9.80. The number of esters is 2. The van der Waals surface area contributed by atoms with Gasteiger partial charge >= 0.3 is 11.9 Å². The van der Waals surface area contributed by atoms with E-state index in [1.54, 1.807) is 0 Å². The molecule has 4 heteroatoms. The van der Waals surface area contributed by atoms with Gasteiger partial charge in [-0.25, -0.2) is 0 Å². The van der Waals surface area contributed by atoms with E-state index in [-0.39, 0.29) is 18.0 Å². The Kier molecular flexibility index (Phi) is 14.8. The normalized spacial score (nSPS) is 13.3. The molecule has 142 valence electrons. The number of hydrogen-bond acceptors (Lipinski definition) is 4. The third-order valence-corrected chi connectivity index (χ3v) is 4.34. The molecule has 0 heterocycles. The maximum atomic E-state index is 11.9. The molecule has 0 aromatic heterocycles. The van der Waals surface area contributed by atoms with Gasteiger partial charge in [-0.05, 0) is 31.6 Å². The Morgan fingerprint density at radius 1 is 0.833 bits per heavy atom. The van der Waals surface area contributed by atoms with Crippen molar-refractivity contribution in [2.45, 2.75) is 104 Å². The number of carbonyl (C=O) groups is 2. The molecule has 0 saturated heterocycles. The fourth-order valence-electron chi connectivity index (χ4n) is 2.81. The first-order chi connectivity index (χ1) is 11.5. The molecule has 2 atom stereocenters. The van der Waals surface area contributed by atoms with Crippen molar-refractivity contribution in [1.29, 1.82) is 0 Å². The minimum atomic E-state index is -0.204. The molecule has 0 aromatic carbocycles. The van der Waals surface area contributed by atoms with Crippen molar-refractivity contribution < 1.29 is 19.1 Å². The zero-order valence-electron chi connectivity index (χ0n) is 16.3. The fraction of sp³-hybridized carbons (Fsp3) is 0.900. The SMILES string of the molecule is CCCCCCCOC(=O)CCCC(=O)OC(CC)C(C)CCC. The molecule has 0 saturated carbocycles. The van der Waals surface area contributed by atoms with Crippen LogP contribution in [-0.4, -0.2) is 24.6 Å². The maximum absolute atomic E-state index is 11.9. The molecule has 0 aliphatic carbocycles. The molecule has 0 bridgehead atoms. The molecule has 0 aliphatic rings. The van der Waals surface area contributed by atoms with Crippen molar-refractivity contribution >= 4 is 11.9 Å². The van der Waals surface area contributed by atoms with Crippen LogP contribution in [0.15, 0.2) is 0 Å². The van der Waals surface area contributed by atoms with Gasteiger partial charge < -0.3 is 9.47 Å². The summed E-state index contributed by atoms with van der Waals surface area (Å²) in [5, 5.41) is 0. The number of carbonyl (C=O) groups excluding carboxylic acids is 2. The summed E-state index contributed by atoms with van der Waals surface area (Å²) in [5.74, 6) is -0.0107. The van der Waals surface area contributed by atoms with Gasteiger partial charge in [0.15, 0.2) is 0 Å². The lowest BCUT2D eigenvalue weighted by molar-refractivity contribution is -0.152. The van der Waals surface area contributed by atoms with Gasteiger partial charge in [0, 0.05) is 12.8 Å². The van der Waals surface area contributed by atoms with Crippen LogP contribution in [0.4, 0.5) is 0 Å². The van der Waals surface area contributed by atoms with E-state index in [2.05, 4.69) is 20.8 Å². The topological polar surface area (TPSA) is 52.6 Å². The van der Waals surface area contributed by atoms with Crippen molar-refractivity contribution in [2.24, 2.45) is 5.92 Å². The summed E-state index contributed by atoms with van der Waals surface area (Å²) >= 11 is 0. The van der Waals surface area contributed by atoms with Crippen LogP contribution in [0.1, 0.15) is 98.3 Å². The van der Waals surface area contributed by atoms with Gasteiger partial charge in [-0.15, -0.1) is 0 Å². The molecular formula is C20H38O4. The molecule has 0 fully saturated rings. The Balaban J connectivity index is 3.73. The molecule has 0 radical (unpaired) electrons. The molecule has 0 aromatic rings. The average molecular weight is 343 g/mol. The van der Waals surface area contributed by atoms with E-state index >= 15 is 0 Å². The van der Waals surface area contributed by atoms with Crippen molar-refractivity contribution in [3.63, 3.8) is 0 Å². The van der Waals surface area contributed by atoms with Crippen LogP contribution in [0.25, 0.3) is 0 Å². The lowest BCUT2D eigenvalue weighted by Crippen LogP contribution is -2.24. The third-order valence-electron chi connectivity index (χ3n) is 4.34. The lowest BCUT2D eigenvalue weighted by atomic mass is 9.97. The van der Waals surface area contributed by atoms with Gasteiger partial charge in [-0.1, -0.05) is 59.8 Å². The minimum Gasteiger partial charge on any atom is -0.466 e. The zero-order chi connectivity index (χ0) is 18.2. The highest BCUT2D eigenvalue weighted by molar-refractivity contribution is 5.72. The van der Waals surface area contributed by atoms with Gasteiger partial charge in [0.1, 0.15) is 6.10 Å². The molecular weight excluding hydrogens is 304 g/mol. The Morgan fingerprint density at radius 3 is 2.12 bits per heavy atom. The Morgan fingerprint density at radius 2 is 1.50 bits per heavy atom. The zero-order valence-corrected chi connectivity index (χ0v) is 16.3. The van der Waals surface area contributed by atoms with Gasteiger partial charge in [-0.3, -0.25) is 9.59 Å². The quantitative estimate of drug-likeness (QED) is 0.294. The minimum absolute atomic E-state index is 0.00692. The summed E-state index contributed by atoms with van der Waals surface area (Å²) in [7, 11) is 0. The van der Waals surface area contributed by atoms with Crippen molar-refractivity contribution in [3.05, 3.63) is 0 Å². The van der Waals surface area contributed by atoms with Crippen molar-refractivity contribution in [3.8, 4) is 0 Å². The predicted octanol–water partition coefficient (Wildman–Crippen LogP) is 5.43. The number of unbranched alkanes of at least 4 members (excludes halogenated alkanes) is 4. The first-order valence-corrected chi connectivity index (χ1v) is 9.90.